The molecule has 0 radical (unpaired) electrons. The maximum atomic E-state index is 4.54. The normalized spacial score (nSPS) is 12.7. The summed E-state index contributed by atoms with van der Waals surface area (Å²) in [4.78, 5) is 8.71. The van der Waals surface area contributed by atoms with Crippen LogP contribution >= 0.6 is 0 Å². The van der Waals surface area contributed by atoms with Crippen molar-refractivity contribution in [3.8, 4) is 0 Å². The van der Waals surface area contributed by atoms with E-state index in [-0.39, 0.29) is 6.04 Å². The SMILES string of the molecule is CCc1cc(NC(CC)c2c(C)nn(C)c2C)n2ncnc2n1. The average Bonchev–Trinajstić information content (AvgIpc) is 3.10. The molecule has 0 bridgehead atoms. The topological polar surface area (TPSA) is 72.9 Å². The van der Waals surface area contributed by atoms with Gasteiger partial charge in [-0.15, -0.1) is 0 Å². The third-order valence-electron chi connectivity index (χ3n) is 4.31. The fraction of sp³-hybridized carbons (Fsp3) is 0.500. The molecule has 0 aliphatic rings. The van der Waals surface area contributed by atoms with Crippen molar-refractivity contribution < 1.29 is 0 Å². The molecule has 1 N–H and O–H groups in total. The molecule has 3 rings (SSSR count). The Balaban J connectivity index is 2.04. The van der Waals surface area contributed by atoms with Crippen molar-refractivity contribution in [3.63, 3.8) is 0 Å². The maximum absolute atomic E-state index is 4.54. The molecular formula is C16H23N7. The second kappa shape index (κ2) is 5.98. The highest BCUT2D eigenvalue weighted by molar-refractivity contribution is 5.47. The van der Waals surface area contributed by atoms with E-state index in [0.29, 0.717) is 5.78 Å². The fourth-order valence-electron chi connectivity index (χ4n) is 3.00. The second-order valence-electron chi connectivity index (χ2n) is 5.77. The number of aromatic nitrogens is 6. The van der Waals surface area contributed by atoms with Gasteiger partial charge in [-0.25, -0.2) is 4.98 Å². The van der Waals surface area contributed by atoms with Crippen LogP contribution in [0.4, 0.5) is 5.82 Å². The molecular weight excluding hydrogens is 290 g/mol. The van der Waals surface area contributed by atoms with Crippen LogP contribution in [0.15, 0.2) is 12.4 Å². The fourth-order valence-corrected chi connectivity index (χ4v) is 3.00. The lowest BCUT2D eigenvalue weighted by Gasteiger charge is -2.20. The monoisotopic (exact) mass is 313 g/mol. The smallest absolute Gasteiger partial charge is 0.254 e. The second-order valence-corrected chi connectivity index (χ2v) is 5.77. The predicted molar refractivity (Wildman–Crippen MR) is 89.5 cm³/mol. The number of aryl methyl sites for hydroxylation is 3. The molecule has 0 fully saturated rings. The van der Waals surface area contributed by atoms with Crippen molar-refractivity contribution in [3.05, 3.63) is 35.0 Å². The molecule has 122 valence electrons. The molecule has 7 nitrogen and oxygen atoms in total. The molecule has 0 spiro atoms. The number of hydrogen-bond acceptors (Lipinski definition) is 5. The molecule has 23 heavy (non-hydrogen) atoms. The number of nitrogens with one attached hydrogen (secondary N) is 1. The van der Waals surface area contributed by atoms with Gasteiger partial charge in [0.1, 0.15) is 12.1 Å². The van der Waals surface area contributed by atoms with Gasteiger partial charge in [0.2, 0.25) is 0 Å². The molecule has 0 aliphatic heterocycles. The van der Waals surface area contributed by atoms with Crippen LogP contribution in [0.1, 0.15) is 49.0 Å². The van der Waals surface area contributed by atoms with Gasteiger partial charge < -0.3 is 5.32 Å². The van der Waals surface area contributed by atoms with Gasteiger partial charge in [0.05, 0.1) is 11.7 Å². The van der Waals surface area contributed by atoms with Crippen molar-refractivity contribution in [2.75, 3.05) is 5.32 Å². The molecule has 0 saturated carbocycles. The van der Waals surface area contributed by atoms with Crippen LogP contribution < -0.4 is 5.32 Å². The van der Waals surface area contributed by atoms with Crippen LogP contribution in [0.2, 0.25) is 0 Å². The first-order valence-corrected chi connectivity index (χ1v) is 8.01. The van der Waals surface area contributed by atoms with E-state index in [1.165, 1.54) is 17.6 Å². The van der Waals surface area contributed by atoms with Crippen LogP contribution in [0.3, 0.4) is 0 Å². The highest BCUT2D eigenvalue weighted by atomic mass is 15.4. The molecule has 3 aromatic heterocycles. The Hall–Kier alpha value is -2.44. The number of fused-ring (bicyclic) bond motifs is 1. The molecule has 3 heterocycles. The molecule has 0 saturated heterocycles. The summed E-state index contributed by atoms with van der Waals surface area (Å²) < 4.78 is 3.69. The Labute approximate surface area is 135 Å². The van der Waals surface area contributed by atoms with Crippen LogP contribution in [0.5, 0.6) is 0 Å². The number of hydrogen-bond donors (Lipinski definition) is 1. The summed E-state index contributed by atoms with van der Waals surface area (Å²) in [7, 11) is 1.98. The van der Waals surface area contributed by atoms with Crippen LogP contribution in [-0.4, -0.2) is 29.4 Å². The van der Waals surface area contributed by atoms with Gasteiger partial charge in [-0.2, -0.15) is 19.7 Å². The Morgan fingerprint density at radius 3 is 2.65 bits per heavy atom. The van der Waals surface area contributed by atoms with Gasteiger partial charge >= 0.3 is 0 Å². The Bertz CT molecular complexity index is 830. The van der Waals surface area contributed by atoms with Gasteiger partial charge in [0.25, 0.3) is 5.78 Å². The zero-order valence-corrected chi connectivity index (χ0v) is 14.3. The number of nitrogens with zero attached hydrogens (tertiary/aromatic N) is 6. The van der Waals surface area contributed by atoms with Crippen LogP contribution in [0, 0.1) is 13.8 Å². The molecule has 1 atom stereocenters. The van der Waals surface area contributed by atoms with Crippen molar-refractivity contribution in [1.82, 2.24) is 29.4 Å². The molecule has 1 unspecified atom stereocenters. The van der Waals surface area contributed by atoms with Crippen molar-refractivity contribution in [2.24, 2.45) is 7.05 Å². The highest BCUT2D eigenvalue weighted by Crippen LogP contribution is 2.27. The lowest BCUT2D eigenvalue weighted by molar-refractivity contribution is 0.710. The average molecular weight is 313 g/mol. The van der Waals surface area contributed by atoms with E-state index in [1.54, 1.807) is 4.52 Å². The minimum absolute atomic E-state index is 0.170. The standard InChI is InChI=1S/C16H23N7/c1-6-12-8-14(23-16(19-12)17-9-18-23)20-13(7-2)15-10(3)21-22(5)11(15)4/h8-9,13,20H,6-7H2,1-5H3. The predicted octanol–water partition coefficient (Wildman–Crippen LogP) is 2.60. The zero-order chi connectivity index (χ0) is 16.6. The molecule has 3 aromatic rings. The Kier molecular flexibility index (Phi) is 4.02. The van der Waals surface area contributed by atoms with Crippen molar-refractivity contribution in [2.45, 2.75) is 46.6 Å². The van der Waals surface area contributed by atoms with E-state index in [4.69, 9.17) is 0 Å². The van der Waals surface area contributed by atoms with E-state index < -0.39 is 0 Å². The first-order chi connectivity index (χ1) is 11.0. The van der Waals surface area contributed by atoms with E-state index in [2.05, 4.69) is 53.2 Å². The van der Waals surface area contributed by atoms with Crippen molar-refractivity contribution in [1.29, 1.82) is 0 Å². The first-order valence-electron chi connectivity index (χ1n) is 8.01. The summed E-state index contributed by atoms with van der Waals surface area (Å²) in [6.07, 6.45) is 3.35. The summed E-state index contributed by atoms with van der Waals surface area (Å²) in [6, 6.07) is 2.22. The Morgan fingerprint density at radius 1 is 1.26 bits per heavy atom. The number of anilines is 1. The molecule has 7 heteroatoms. The Morgan fingerprint density at radius 2 is 2.04 bits per heavy atom. The van der Waals surface area contributed by atoms with Gasteiger partial charge in [-0.3, -0.25) is 4.68 Å². The molecule has 0 amide bonds. The largest absolute Gasteiger partial charge is 0.363 e. The summed E-state index contributed by atoms with van der Waals surface area (Å²) in [5, 5.41) is 12.4. The van der Waals surface area contributed by atoms with E-state index in [9.17, 15) is 0 Å². The highest BCUT2D eigenvalue weighted by Gasteiger charge is 2.20. The molecule has 0 aliphatic carbocycles. The summed E-state index contributed by atoms with van der Waals surface area (Å²) in [5.41, 5.74) is 4.49. The minimum atomic E-state index is 0.170. The summed E-state index contributed by atoms with van der Waals surface area (Å²) >= 11 is 0. The summed E-state index contributed by atoms with van der Waals surface area (Å²) in [5.74, 6) is 1.54. The first kappa shape index (κ1) is 15.5. The van der Waals surface area contributed by atoms with Crippen LogP contribution in [0.25, 0.3) is 5.78 Å². The summed E-state index contributed by atoms with van der Waals surface area (Å²) in [6.45, 7) is 8.42. The third-order valence-corrected chi connectivity index (χ3v) is 4.31. The van der Waals surface area contributed by atoms with Crippen LogP contribution in [-0.2, 0) is 13.5 Å². The lowest BCUT2D eigenvalue weighted by atomic mass is 10.0. The lowest BCUT2D eigenvalue weighted by Crippen LogP contribution is -2.15. The zero-order valence-electron chi connectivity index (χ0n) is 14.3. The van der Waals surface area contributed by atoms with Gasteiger partial charge in [-0.05, 0) is 26.7 Å². The quantitative estimate of drug-likeness (QED) is 0.784. The maximum Gasteiger partial charge on any atom is 0.254 e. The van der Waals surface area contributed by atoms with Crippen molar-refractivity contribution >= 4 is 11.6 Å². The number of rotatable bonds is 5. The van der Waals surface area contributed by atoms with E-state index >= 15 is 0 Å². The van der Waals surface area contributed by atoms with Gasteiger partial charge in [0, 0.05) is 30.1 Å². The third kappa shape index (κ3) is 2.67. The molecule has 0 aromatic carbocycles. The van der Waals surface area contributed by atoms with Gasteiger partial charge in [-0.1, -0.05) is 13.8 Å². The van der Waals surface area contributed by atoms with E-state index in [0.717, 1.165) is 30.0 Å². The van der Waals surface area contributed by atoms with E-state index in [1.807, 2.05) is 17.8 Å². The minimum Gasteiger partial charge on any atom is -0.363 e. The van der Waals surface area contributed by atoms with Gasteiger partial charge in [0.15, 0.2) is 0 Å².